The molecule has 1 aromatic rings. The van der Waals surface area contributed by atoms with E-state index in [2.05, 4.69) is 20.8 Å². The molecule has 0 radical (unpaired) electrons. The summed E-state index contributed by atoms with van der Waals surface area (Å²) in [4.78, 5) is 14.1. The van der Waals surface area contributed by atoms with Crippen LogP contribution < -0.4 is 5.73 Å². The van der Waals surface area contributed by atoms with Crippen molar-refractivity contribution >= 4 is 11.6 Å². The molecule has 3 nitrogen and oxygen atoms in total. The first-order valence-corrected chi connectivity index (χ1v) is 6.46. The minimum absolute atomic E-state index is 0.0613. The topological polar surface area (TPSA) is 46.3 Å². The van der Waals surface area contributed by atoms with Gasteiger partial charge in [0.15, 0.2) is 0 Å². The van der Waals surface area contributed by atoms with Gasteiger partial charge in [-0.15, -0.1) is 0 Å². The molecule has 1 amide bonds. The molecular weight excluding hydrogens is 224 g/mol. The van der Waals surface area contributed by atoms with Crippen LogP contribution in [-0.2, 0) is 0 Å². The van der Waals surface area contributed by atoms with Crippen molar-refractivity contribution in [3.05, 3.63) is 29.3 Å². The highest BCUT2D eigenvalue weighted by Gasteiger charge is 2.18. The second-order valence-electron chi connectivity index (χ2n) is 5.47. The van der Waals surface area contributed by atoms with Gasteiger partial charge in [0.2, 0.25) is 0 Å². The van der Waals surface area contributed by atoms with E-state index in [1.54, 1.807) is 12.1 Å². The molecule has 0 fully saturated rings. The maximum absolute atomic E-state index is 12.3. The fraction of sp³-hybridized carbons (Fsp3) is 0.533. The number of nitrogens with two attached hydrogens (primary N) is 1. The van der Waals surface area contributed by atoms with E-state index in [1.165, 1.54) is 0 Å². The van der Waals surface area contributed by atoms with Crippen LogP contribution in [0.5, 0.6) is 0 Å². The lowest BCUT2D eigenvalue weighted by Gasteiger charge is -2.26. The van der Waals surface area contributed by atoms with Crippen LogP contribution >= 0.6 is 0 Å². The third-order valence-corrected chi connectivity index (χ3v) is 3.31. The van der Waals surface area contributed by atoms with E-state index < -0.39 is 0 Å². The maximum atomic E-state index is 12.3. The first-order chi connectivity index (χ1) is 8.32. The van der Waals surface area contributed by atoms with Crippen molar-refractivity contribution in [2.45, 2.75) is 40.2 Å². The molecule has 0 aliphatic heterocycles. The average molecular weight is 248 g/mol. The SMILES string of the molecule is Cc1cc(C(=O)N(C)C(C)CC(C)C)ccc1N. The van der Waals surface area contributed by atoms with Gasteiger partial charge in [0.1, 0.15) is 0 Å². The number of anilines is 1. The molecule has 18 heavy (non-hydrogen) atoms. The number of carbonyl (C=O) groups is 1. The number of benzene rings is 1. The lowest BCUT2D eigenvalue weighted by Crippen LogP contribution is -2.35. The standard InChI is InChI=1S/C15H24N2O/c1-10(2)8-12(4)17(5)15(18)13-6-7-14(16)11(3)9-13/h6-7,9-10,12H,8,16H2,1-5H3. The van der Waals surface area contributed by atoms with Crippen LogP contribution in [-0.4, -0.2) is 23.9 Å². The Hall–Kier alpha value is -1.51. The molecule has 0 saturated carbocycles. The molecule has 0 heterocycles. The summed E-state index contributed by atoms with van der Waals surface area (Å²) >= 11 is 0. The van der Waals surface area contributed by atoms with Crippen molar-refractivity contribution in [1.29, 1.82) is 0 Å². The molecule has 0 saturated heterocycles. The van der Waals surface area contributed by atoms with Gasteiger partial charge in [-0.3, -0.25) is 4.79 Å². The Morgan fingerprint density at radius 3 is 2.44 bits per heavy atom. The number of hydrogen-bond donors (Lipinski definition) is 1. The first-order valence-electron chi connectivity index (χ1n) is 6.46. The van der Waals surface area contributed by atoms with Crippen molar-refractivity contribution in [3.63, 3.8) is 0 Å². The number of nitrogens with zero attached hydrogens (tertiary/aromatic N) is 1. The van der Waals surface area contributed by atoms with Gasteiger partial charge in [0.05, 0.1) is 0 Å². The third-order valence-electron chi connectivity index (χ3n) is 3.31. The molecule has 3 heteroatoms. The zero-order chi connectivity index (χ0) is 13.9. The van der Waals surface area contributed by atoms with Crippen molar-refractivity contribution in [3.8, 4) is 0 Å². The Kier molecular flexibility index (Phi) is 4.76. The highest BCUT2D eigenvalue weighted by molar-refractivity contribution is 5.94. The summed E-state index contributed by atoms with van der Waals surface area (Å²) in [5.74, 6) is 0.648. The summed E-state index contributed by atoms with van der Waals surface area (Å²) in [7, 11) is 1.86. The molecule has 1 aromatic carbocycles. The first kappa shape index (κ1) is 14.6. The number of amides is 1. The molecule has 2 N–H and O–H groups in total. The van der Waals surface area contributed by atoms with Crippen LogP contribution in [0.15, 0.2) is 18.2 Å². The van der Waals surface area contributed by atoms with Crippen LogP contribution in [0, 0.1) is 12.8 Å². The predicted octanol–water partition coefficient (Wildman–Crippen LogP) is 3.08. The molecule has 100 valence electrons. The molecule has 0 aliphatic rings. The molecule has 1 unspecified atom stereocenters. The largest absolute Gasteiger partial charge is 0.399 e. The fourth-order valence-electron chi connectivity index (χ4n) is 2.05. The van der Waals surface area contributed by atoms with Crippen molar-refractivity contribution < 1.29 is 4.79 Å². The Labute approximate surface area is 110 Å². The van der Waals surface area contributed by atoms with Gasteiger partial charge in [-0.25, -0.2) is 0 Å². The van der Waals surface area contributed by atoms with E-state index in [4.69, 9.17) is 5.73 Å². The van der Waals surface area contributed by atoms with E-state index in [0.29, 0.717) is 11.5 Å². The second-order valence-corrected chi connectivity index (χ2v) is 5.47. The normalized spacial score (nSPS) is 12.6. The van der Waals surface area contributed by atoms with Gasteiger partial charge in [-0.05, 0) is 49.9 Å². The summed E-state index contributed by atoms with van der Waals surface area (Å²) in [6, 6.07) is 5.69. The van der Waals surface area contributed by atoms with Gasteiger partial charge in [-0.2, -0.15) is 0 Å². The molecule has 1 atom stereocenters. The van der Waals surface area contributed by atoms with Gasteiger partial charge in [0, 0.05) is 24.3 Å². The molecular formula is C15H24N2O. The van der Waals surface area contributed by atoms with E-state index in [-0.39, 0.29) is 11.9 Å². The minimum Gasteiger partial charge on any atom is -0.399 e. The highest BCUT2D eigenvalue weighted by atomic mass is 16.2. The summed E-state index contributed by atoms with van der Waals surface area (Å²) in [5, 5.41) is 0. The van der Waals surface area contributed by atoms with Gasteiger partial charge < -0.3 is 10.6 Å². The van der Waals surface area contributed by atoms with E-state index in [1.807, 2.05) is 24.9 Å². The Balaban J connectivity index is 2.82. The van der Waals surface area contributed by atoms with Crippen LogP contribution in [0.4, 0.5) is 5.69 Å². The van der Waals surface area contributed by atoms with Gasteiger partial charge in [0.25, 0.3) is 5.91 Å². The summed E-state index contributed by atoms with van der Waals surface area (Å²) < 4.78 is 0. The second kappa shape index (κ2) is 5.89. The van der Waals surface area contributed by atoms with Crippen LogP contribution in [0.2, 0.25) is 0 Å². The summed E-state index contributed by atoms with van der Waals surface area (Å²) in [6.07, 6.45) is 1.01. The van der Waals surface area contributed by atoms with Gasteiger partial charge in [-0.1, -0.05) is 13.8 Å². The molecule has 0 aromatic heterocycles. The molecule has 0 bridgehead atoms. The van der Waals surface area contributed by atoms with Crippen LogP contribution in [0.1, 0.15) is 43.1 Å². The monoisotopic (exact) mass is 248 g/mol. The lowest BCUT2D eigenvalue weighted by molar-refractivity contribution is 0.0728. The fourth-order valence-corrected chi connectivity index (χ4v) is 2.05. The number of hydrogen-bond acceptors (Lipinski definition) is 2. The maximum Gasteiger partial charge on any atom is 0.253 e. The molecule has 0 aliphatic carbocycles. The van der Waals surface area contributed by atoms with Crippen LogP contribution in [0.25, 0.3) is 0 Å². The minimum atomic E-state index is 0.0613. The van der Waals surface area contributed by atoms with Crippen molar-refractivity contribution in [2.24, 2.45) is 5.92 Å². The highest BCUT2D eigenvalue weighted by Crippen LogP contribution is 2.17. The van der Waals surface area contributed by atoms with E-state index in [9.17, 15) is 4.79 Å². The van der Waals surface area contributed by atoms with Crippen molar-refractivity contribution in [1.82, 2.24) is 4.90 Å². The predicted molar refractivity (Wildman–Crippen MR) is 76.6 cm³/mol. The molecule has 1 rings (SSSR count). The van der Waals surface area contributed by atoms with Crippen molar-refractivity contribution in [2.75, 3.05) is 12.8 Å². The third kappa shape index (κ3) is 3.49. The zero-order valence-corrected chi connectivity index (χ0v) is 12.0. The summed E-state index contributed by atoms with van der Waals surface area (Å²) in [6.45, 7) is 8.34. The number of nitrogen functional groups attached to an aromatic ring is 1. The molecule has 0 spiro atoms. The van der Waals surface area contributed by atoms with E-state index in [0.717, 1.165) is 17.7 Å². The number of aryl methyl sites for hydroxylation is 1. The Morgan fingerprint density at radius 1 is 1.33 bits per heavy atom. The zero-order valence-electron chi connectivity index (χ0n) is 12.0. The quantitative estimate of drug-likeness (QED) is 0.832. The lowest BCUT2D eigenvalue weighted by atomic mass is 10.0. The summed E-state index contributed by atoms with van der Waals surface area (Å²) in [5.41, 5.74) is 8.15. The Morgan fingerprint density at radius 2 is 1.94 bits per heavy atom. The smallest absolute Gasteiger partial charge is 0.253 e. The number of rotatable bonds is 4. The average Bonchev–Trinajstić information content (AvgIpc) is 2.30. The number of carbonyl (C=O) groups excluding carboxylic acids is 1. The van der Waals surface area contributed by atoms with Gasteiger partial charge >= 0.3 is 0 Å². The van der Waals surface area contributed by atoms with Crippen LogP contribution in [0.3, 0.4) is 0 Å². The Bertz CT molecular complexity index is 427. The van der Waals surface area contributed by atoms with E-state index >= 15 is 0 Å².